The summed E-state index contributed by atoms with van der Waals surface area (Å²) in [5.41, 5.74) is 2.18. The number of rotatable bonds is 8. The Labute approximate surface area is 152 Å². The van der Waals surface area contributed by atoms with E-state index in [0.717, 1.165) is 16.0 Å². The predicted octanol–water partition coefficient (Wildman–Crippen LogP) is 4.67. The van der Waals surface area contributed by atoms with Crippen molar-refractivity contribution in [3.8, 4) is 0 Å². The third-order valence-corrected chi connectivity index (χ3v) is 4.77. The van der Waals surface area contributed by atoms with Gasteiger partial charge in [0.05, 0.1) is 23.5 Å². The first kappa shape index (κ1) is 18.8. The lowest BCUT2D eigenvalue weighted by molar-refractivity contribution is -0.118. The largest absolute Gasteiger partial charge is 0.374 e. The van der Waals surface area contributed by atoms with Gasteiger partial charge >= 0.3 is 0 Å². The highest BCUT2D eigenvalue weighted by molar-refractivity contribution is 8.00. The number of amides is 1. The number of benzene rings is 2. The monoisotopic (exact) mass is 363 g/mol. The molecule has 0 unspecified atom stereocenters. The van der Waals surface area contributed by atoms with Crippen LogP contribution in [0.1, 0.15) is 25.0 Å². The van der Waals surface area contributed by atoms with Gasteiger partial charge in [0, 0.05) is 11.4 Å². The molecule has 0 saturated carbocycles. The molecule has 24 heavy (non-hydrogen) atoms. The first-order valence-electron chi connectivity index (χ1n) is 7.88. The van der Waals surface area contributed by atoms with Crippen LogP contribution in [-0.2, 0) is 22.7 Å². The number of thioether (sulfide) groups is 1. The maximum atomic E-state index is 12.0. The number of nitrogens with one attached hydrogen (secondary N) is 1. The van der Waals surface area contributed by atoms with E-state index in [-0.39, 0.29) is 12.0 Å². The van der Waals surface area contributed by atoms with Crippen LogP contribution in [0.15, 0.2) is 53.4 Å². The van der Waals surface area contributed by atoms with E-state index in [0.29, 0.717) is 23.9 Å². The van der Waals surface area contributed by atoms with Gasteiger partial charge in [0.2, 0.25) is 5.91 Å². The average molecular weight is 364 g/mol. The number of carbonyl (C=O) groups excluding carboxylic acids is 1. The van der Waals surface area contributed by atoms with E-state index >= 15 is 0 Å². The zero-order valence-electron chi connectivity index (χ0n) is 13.9. The normalized spacial score (nSPS) is 10.8. The Bertz CT molecular complexity index is 676. The van der Waals surface area contributed by atoms with Crippen LogP contribution in [0.5, 0.6) is 0 Å². The van der Waals surface area contributed by atoms with Gasteiger partial charge in [0.15, 0.2) is 0 Å². The minimum Gasteiger partial charge on any atom is -0.374 e. The molecule has 0 radical (unpaired) electrons. The molecule has 0 heterocycles. The quantitative estimate of drug-likeness (QED) is 0.692. The molecule has 0 bridgehead atoms. The van der Waals surface area contributed by atoms with Crippen molar-refractivity contribution >= 4 is 29.3 Å². The Hall–Kier alpha value is -1.49. The molecule has 0 aliphatic heterocycles. The van der Waals surface area contributed by atoms with Crippen LogP contribution in [-0.4, -0.2) is 17.8 Å². The lowest BCUT2D eigenvalue weighted by Crippen LogP contribution is -2.24. The Morgan fingerprint density at radius 1 is 1.17 bits per heavy atom. The maximum absolute atomic E-state index is 12.0. The molecular weight excluding hydrogens is 342 g/mol. The number of hydrogen-bond donors (Lipinski definition) is 1. The summed E-state index contributed by atoms with van der Waals surface area (Å²) in [5, 5.41) is 3.61. The standard InChI is InChI=1S/C19H22ClNO2S/c1-14(2)23-12-16-7-5-6-15(10-16)11-21-19(22)13-24-18-9-4-3-8-17(18)20/h3-10,14H,11-13H2,1-2H3,(H,21,22). The van der Waals surface area contributed by atoms with Gasteiger partial charge in [-0.2, -0.15) is 0 Å². The van der Waals surface area contributed by atoms with Crippen LogP contribution < -0.4 is 5.32 Å². The molecule has 0 atom stereocenters. The van der Waals surface area contributed by atoms with E-state index in [1.54, 1.807) is 0 Å². The van der Waals surface area contributed by atoms with Crippen molar-refractivity contribution in [3.05, 3.63) is 64.7 Å². The van der Waals surface area contributed by atoms with Crippen molar-refractivity contribution in [3.63, 3.8) is 0 Å². The van der Waals surface area contributed by atoms with Crippen LogP contribution >= 0.6 is 23.4 Å². The van der Waals surface area contributed by atoms with E-state index in [4.69, 9.17) is 16.3 Å². The fourth-order valence-corrected chi connectivity index (χ4v) is 3.12. The molecule has 0 aromatic heterocycles. The highest BCUT2D eigenvalue weighted by Gasteiger charge is 2.06. The molecule has 128 valence electrons. The smallest absolute Gasteiger partial charge is 0.230 e. The molecule has 2 aromatic rings. The summed E-state index contributed by atoms with van der Waals surface area (Å²) in [6, 6.07) is 15.6. The molecule has 3 nitrogen and oxygen atoms in total. The van der Waals surface area contributed by atoms with Crippen molar-refractivity contribution < 1.29 is 9.53 Å². The Kier molecular flexibility index (Phi) is 7.63. The van der Waals surface area contributed by atoms with Gasteiger partial charge in [-0.3, -0.25) is 4.79 Å². The van der Waals surface area contributed by atoms with E-state index in [1.165, 1.54) is 11.8 Å². The predicted molar refractivity (Wildman–Crippen MR) is 100 cm³/mol. The average Bonchev–Trinajstić information content (AvgIpc) is 2.58. The van der Waals surface area contributed by atoms with Gasteiger partial charge in [0.25, 0.3) is 0 Å². The van der Waals surface area contributed by atoms with E-state index < -0.39 is 0 Å². The van der Waals surface area contributed by atoms with Crippen molar-refractivity contribution in [2.75, 3.05) is 5.75 Å². The summed E-state index contributed by atoms with van der Waals surface area (Å²) in [4.78, 5) is 12.9. The van der Waals surface area contributed by atoms with Crippen LogP contribution in [0.2, 0.25) is 5.02 Å². The molecule has 5 heteroatoms. The molecule has 0 aliphatic rings. The van der Waals surface area contributed by atoms with E-state index in [9.17, 15) is 4.79 Å². The highest BCUT2D eigenvalue weighted by atomic mass is 35.5. The summed E-state index contributed by atoms with van der Waals surface area (Å²) in [5.74, 6) is 0.337. The van der Waals surface area contributed by atoms with Crippen molar-refractivity contribution in [1.29, 1.82) is 0 Å². The fourth-order valence-electron chi connectivity index (χ4n) is 2.05. The van der Waals surface area contributed by atoms with E-state index in [1.807, 2.05) is 56.3 Å². The second kappa shape index (κ2) is 9.72. The third kappa shape index (κ3) is 6.56. The van der Waals surface area contributed by atoms with Gasteiger partial charge in [-0.05, 0) is 37.1 Å². The summed E-state index contributed by atoms with van der Waals surface area (Å²) in [6.45, 7) is 5.13. The first-order valence-corrected chi connectivity index (χ1v) is 9.24. The molecule has 0 fully saturated rings. The fraction of sp³-hybridized carbons (Fsp3) is 0.316. The van der Waals surface area contributed by atoms with Crippen LogP contribution in [0.25, 0.3) is 0 Å². The number of halogens is 1. The molecular formula is C19H22ClNO2S. The SMILES string of the molecule is CC(C)OCc1cccc(CNC(=O)CSc2ccccc2Cl)c1. The lowest BCUT2D eigenvalue weighted by Gasteiger charge is -2.10. The Morgan fingerprint density at radius 3 is 2.67 bits per heavy atom. The maximum Gasteiger partial charge on any atom is 0.230 e. The second-order valence-corrected chi connectivity index (χ2v) is 7.10. The first-order chi connectivity index (χ1) is 11.5. The van der Waals surface area contributed by atoms with Crippen LogP contribution in [0.3, 0.4) is 0 Å². The minimum absolute atomic E-state index is 0.0104. The minimum atomic E-state index is -0.0104. The van der Waals surface area contributed by atoms with Crippen LogP contribution in [0, 0.1) is 0 Å². The number of hydrogen-bond acceptors (Lipinski definition) is 3. The van der Waals surface area contributed by atoms with Gasteiger partial charge in [-0.1, -0.05) is 48.0 Å². The van der Waals surface area contributed by atoms with Gasteiger partial charge < -0.3 is 10.1 Å². The summed E-state index contributed by atoms with van der Waals surface area (Å²) in [6.07, 6.45) is 0.204. The van der Waals surface area contributed by atoms with Gasteiger partial charge in [-0.15, -0.1) is 11.8 Å². The zero-order chi connectivity index (χ0) is 17.4. The molecule has 1 amide bonds. The highest BCUT2D eigenvalue weighted by Crippen LogP contribution is 2.26. The third-order valence-electron chi connectivity index (χ3n) is 3.26. The van der Waals surface area contributed by atoms with Crippen LogP contribution in [0.4, 0.5) is 0 Å². The van der Waals surface area contributed by atoms with Gasteiger partial charge in [-0.25, -0.2) is 0 Å². The summed E-state index contributed by atoms with van der Waals surface area (Å²) in [7, 11) is 0. The Morgan fingerprint density at radius 2 is 1.92 bits per heavy atom. The molecule has 2 aromatic carbocycles. The zero-order valence-corrected chi connectivity index (χ0v) is 15.5. The summed E-state index contributed by atoms with van der Waals surface area (Å²) < 4.78 is 5.60. The molecule has 0 spiro atoms. The number of carbonyl (C=O) groups is 1. The molecule has 0 aliphatic carbocycles. The molecule has 0 saturated heterocycles. The molecule has 1 N–H and O–H groups in total. The van der Waals surface area contributed by atoms with E-state index in [2.05, 4.69) is 11.4 Å². The lowest BCUT2D eigenvalue weighted by atomic mass is 10.1. The number of ether oxygens (including phenoxy) is 1. The topological polar surface area (TPSA) is 38.3 Å². The molecule has 2 rings (SSSR count). The van der Waals surface area contributed by atoms with Crippen molar-refractivity contribution in [2.45, 2.75) is 38.0 Å². The second-order valence-electron chi connectivity index (χ2n) is 5.68. The van der Waals surface area contributed by atoms with Crippen molar-refractivity contribution in [2.24, 2.45) is 0 Å². The van der Waals surface area contributed by atoms with Crippen molar-refractivity contribution in [1.82, 2.24) is 5.32 Å². The Balaban J connectivity index is 1.79. The van der Waals surface area contributed by atoms with Gasteiger partial charge in [0.1, 0.15) is 0 Å². The summed E-state index contributed by atoms with van der Waals surface area (Å²) >= 11 is 7.53.